The van der Waals surface area contributed by atoms with Crippen molar-refractivity contribution >= 4 is 11.6 Å². The standard InChI is InChI=1S/C18H15F3N2O2/c19-18(20,21)25-13-9-5-11(6-10-13)16-22-15-4-2-1-3-14(15)17(24)23(16)12-7-8-12/h1-6,9-10,12,16,22H,7-8H2/t16-/m0/s1. The van der Waals surface area contributed by atoms with Gasteiger partial charge in [-0.1, -0.05) is 24.3 Å². The summed E-state index contributed by atoms with van der Waals surface area (Å²) >= 11 is 0. The molecule has 1 aliphatic carbocycles. The molecule has 0 unspecified atom stereocenters. The maximum Gasteiger partial charge on any atom is 0.573 e. The molecule has 1 N–H and O–H groups in total. The molecule has 2 aliphatic rings. The van der Waals surface area contributed by atoms with Crippen LogP contribution < -0.4 is 10.1 Å². The second kappa shape index (κ2) is 5.68. The van der Waals surface area contributed by atoms with Crippen molar-refractivity contribution in [3.05, 3.63) is 59.7 Å². The van der Waals surface area contributed by atoms with E-state index in [1.165, 1.54) is 12.1 Å². The third-order valence-electron chi connectivity index (χ3n) is 4.33. The van der Waals surface area contributed by atoms with Crippen LogP contribution in [0.1, 0.15) is 34.9 Å². The molecule has 7 heteroatoms. The van der Waals surface area contributed by atoms with Gasteiger partial charge in [-0.2, -0.15) is 0 Å². The third kappa shape index (κ3) is 3.14. The Morgan fingerprint density at radius 2 is 1.72 bits per heavy atom. The van der Waals surface area contributed by atoms with Gasteiger partial charge < -0.3 is 15.0 Å². The molecule has 0 saturated heterocycles. The fourth-order valence-electron chi connectivity index (χ4n) is 3.09. The SMILES string of the molecule is O=C1c2ccccc2N[C@H](c2ccc(OC(F)(F)F)cc2)N1C1CC1. The fraction of sp³-hybridized carbons (Fsp3) is 0.278. The summed E-state index contributed by atoms with van der Waals surface area (Å²) in [7, 11) is 0. The number of halogens is 3. The second-order valence-electron chi connectivity index (χ2n) is 6.15. The molecule has 1 atom stereocenters. The molecule has 1 aliphatic heterocycles. The molecule has 0 bridgehead atoms. The lowest BCUT2D eigenvalue weighted by Gasteiger charge is -2.38. The van der Waals surface area contributed by atoms with Gasteiger partial charge in [-0.3, -0.25) is 4.79 Å². The summed E-state index contributed by atoms with van der Waals surface area (Å²) in [4.78, 5) is 14.6. The summed E-state index contributed by atoms with van der Waals surface area (Å²) in [5, 5.41) is 3.32. The zero-order valence-corrected chi connectivity index (χ0v) is 13.1. The number of fused-ring (bicyclic) bond motifs is 1. The Kier molecular flexibility index (Phi) is 3.59. The van der Waals surface area contributed by atoms with E-state index in [9.17, 15) is 18.0 Å². The molecular weight excluding hydrogens is 333 g/mol. The predicted molar refractivity (Wildman–Crippen MR) is 85.1 cm³/mol. The number of nitrogens with one attached hydrogen (secondary N) is 1. The molecular formula is C18H15F3N2O2. The van der Waals surface area contributed by atoms with Gasteiger partial charge in [0.1, 0.15) is 11.9 Å². The van der Waals surface area contributed by atoms with E-state index in [1.54, 1.807) is 23.1 Å². The first-order valence-corrected chi connectivity index (χ1v) is 7.96. The molecule has 1 heterocycles. The molecule has 1 amide bonds. The quantitative estimate of drug-likeness (QED) is 0.898. The van der Waals surface area contributed by atoms with E-state index < -0.39 is 12.5 Å². The summed E-state index contributed by atoms with van der Waals surface area (Å²) in [6.07, 6.45) is -3.27. The molecule has 4 nitrogen and oxygen atoms in total. The molecule has 2 aromatic rings. The molecule has 0 radical (unpaired) electrons. The number of hydrogen-bond acceptors (Lipinski definition) is 3. The van der Waals surface area contributed by atoms with Crippen molar-refractivity contribution < 1.29 is 22.7 Å². The summed E-state index contributed by atoms with van der Waals surface area (Å²) in [5.74, 6) is -0.339. The highest BCUT2D eigenvalue weighted by Crippen LogP contribution is 2.41. The largest absolute Gasteiger partial charge is 0.573 e. The van der Waals surface area contributed by atoms with Crippen molar-refractivity contribution in [3.8, 4) is 5.75 Å². The summed E-state index contributed by atoms with van der Waals surface area (Å²) in [6.45, 7) is 0. The summed E-state index contributed by atoms with van der Waals surface area (Å²) in [5.41, 5.74) is 2.05. The number of nitrogens with zero attached hydrogens (tertiary/aromatic N) is 1. The Morgan fingerprint density at radius 1 is 1.04 bits per heavy atom. The van der Waals surface area contributed by atoms with E-state index in [-0.39, 0.29) is 17.7 Å². The van der Waals surface area contributed by atoms with E-state index >= 15 is 0 Å². The maximum atomic E-state index is 12.8. The molecule has 1 fully saturated rings. The number of hydrogen-bond donors (Lipinski definition) is 1. The number of para-hydroxylation sites is 1. The van der Waals surface area contributed by atoms with Gasteiger partial charge in [0.15, 0.2) is 0 Å². The van der Waals surface area contributed by atoms with Gasteiger partial charge in [-0.25, -0.2) is 0 Å². The van der Waals surface area contributed by atoms with Crippen molar-refractivity contribution in [2.45, 2.75) is 31.4 Å². The van der Waals surface area contributed by atoms with Gasteiger partial charge in [-0.15, -0.1) is 13.2 Å². The zero-order valence-electron chi connectivity index (χ0n) is 13.1. The number of rotatable bonds is 3. The van der Waals surface area contributed by atoms with E-state index in [4.69, 9.17) is 0 Å². The highest BCUT2D eigenvalue weighted by molar-refractivity contribution is 6.02. The fourth-order valence-corrected chi connectivity index (χ4v) is 3.09. The maximum absolute atomic E-state index is 12.8. The monoisotopic (exact) mass is 348 g/mol. The summed E-state index contributed by atoms with van der Waals surface area (Å²) in [6, 6.07) is 13.0. The minimum absolute atomic E-state index is 0.0579. The first-order chi connectivity index (χ1) is 11.9. The molecule has 1 saturated carbocycles. The van der Waals surface area contributed by atoms with Crippen LogP contribution in [0.25, 0.3) is 0 Å². The normalized spacial score (nSPS) is 20.0. The van der Waals surface area contributed by atoms with Crippen molar-refractivity contribution in [1.82, 2.24) is 4.90 Å². The van der Waals surface area contributed by atoms with Crippen LogP contribution in [-0.4, -0.2) is 23.2 Å². The smallest absolute Gasteiger partial charge is 0.406 e. The average Bonchev–Trinajstić information content (AvgIpc) is 3.39. The minimum atomic E-state index is -4.72. The van der Waals surface area contributed by atoms with Crippen molar-refractivity contribution in [2.24, 2.45) is 0 Å². The van der Waals surface area contributed by atoms with E-state index in [0.717, 1.165) is 18.5 Å². The number of benzene rings is 2. The van der Waals surface area contributed by atoms with E-state index in [1.807, 2.05) is 18.2 Å². The van der Waals surface area contributed by atoms with Crippen LogP contribution in [0, 0.1) is 0 Å². The van der Waals surface area contributed by atoms with Crippen molar-refractivity contribution in [3.63, 3.8) is 0 Å². The van der Waals surface area contributed by atoms with Gasteiger partial charge in [0.05, 0.1) is 5.56 Å². The lowest BCUT2D eigenvalue weighted by atomic mass is 10.0. The van der Waals surface area contributed by atoms with Gasteiger partial charge in [0.25, 0.3) is 5.91 Å². The molecule has 130 valence electrons. The molecule has 2 aromatic carbocycles. The van der Waals surface area contributed by atoms with Crippen LogP contribution in [-0.2, 0) is 0 Å². The third-order valence-corrected chi connectivity index (χ3v) is 4.33. The van der Waals surface area contributed by atoms with Crippen molar-refractivity contribution in [2.75, 3.05) is 5.32 Å². The van der Waals surface area contributed by atoms with Gasteiger partial charge in [-0.05, 0) is 42.7 Å². The lowest BCUT2D eigenvalue weighted by Crippen LogP contribution is -2.44. The number of amides is 1. The molecule has 0 aromatic heterocycles. The Labute approximate surface area is 142 Å². The minimum Gasteiger partial charge on any atom is -0.406 e. The first kappa shape index (κ1) is 15.8. The zero-order chi connectivity index (χ0) is 17.6. The van der Waals surface area contributed by atoms with Crippen LogP contribution in [0.3, 0.4) is 0 Å². The summed E-state index contributed by atoms with van der Waals surface area (Å²) < 4.78 is 40.8. The highest BCUT2D eigenvalue weighted by Gasteiger charge is 2.42. The number of carbonyl (C=O) groups excluding carboxylic acids is 1. The van der Waals surface area contributed by atoms with Gasteiger partial charge in [0, 0.05) is 11.7 Å². The molecule has 25 heavy (non-hydrogen) atoms. The molecule has 0 spiro atoms. The Balaban J connectivity index is 1.65. The number of ether oxygens (including phenoxy) is 1. The van der Waals surface area contributed by atoms with Gasteiger partial charge in [0.2, 0.25) is 0 Å². The second-order valence-corrected chi connectivity index (χ2v) is 6.15. The van der Waals surface area contributed by atoms with Crippen LogP contribution in [0.4, 0.5) is 18.9 Å². The topological polar surface area (TPSA) is 41.6 Å². The number of anilines is 1. The van der Waals surface area contributed by atoms with Crippen LogP contribution in [0.15, 0.2) is 48.5 Å². The highest BCUT2D eigenvalue weighted by atomic mass is 19.4. The number of alkyl halides is 3. The predicted octanol–water partition coefficient (Wildman–Crippen LogP) is 4.31. The first-order valence-electron chi connectivity index (χ1n) is 7.96. The van der Waals surface area contributed by atoms with Crippen LogP contribution in [0.5, 0.6) is 5.75 Å². The van der Waals surface area contributed by atoms with Crippen LogP contribution >= 0.6 is 0 Å². The van der Waals surface area contributed by atoms with Gasteiger partial charge >= 0.3 is 6.36 Å². The Hall–Kier alpha value is -2.70. The number of carbonyl (C=O) groups is 1. The van der Waals surface area contributed by atoms with E-state index in [2.05, 4.69) is 10.1 Å². The van der Waals surface area contributed by atoms with E-state index in [0.29, 0.717) is 11.1 Å². The average molecular weight is 348 g/mol. The van der Waals surface area contributed by atoms with Crippen LogP contribution in [0.2, 0.25) is 0 Å². The Bertz CT molecular complexity index is 801. The molecule has 4 rings (SSSR count). The lowest BCUT2D eigenvalue weighted by molar-refractivity contribution is -0.274. The van der Waals surface area contributed by atoms with Crippen molar-refractivity contribution in [1.29, 1.82) is 0 Å². The Morgan fingerprint density at radius 3 is 2.36 bits per heavy atom.